The fourth-order valence-corrected chi connectivity index (χ4v) is 3.62. The van der Waals surface area contributed by atoms with Crippen LogP contribution in [-0.4, -0.2) is 18.5 Å². The van der Waals surface area contributed by atoms with E-state index >= 15 is 0 Å². The van der Waals surface area contributed by atoms with E-state index in [1.54, 1.807) is 0 Å². The Balaban J connectivity index is 0.00000676. The molecule has 1 aliphatic carbocycles. The SMILES string of the molecule is CCCCCCCC/C=C/CCCCOC(=O)C1CCCCC1C(=O)[O-].[Na+]. The van der Waals surface area contributed by atoms with Crippen molar-refractivity contribution in [3.8, 4) is 0 Å². The monoisotopic (exact) mass is 388 g/mol. The number of unbranched alkanes of at least 4 members (excludes halogenated alkanes) is 8. The van der Waals surface area contributed by atoms with Gasteiger partial charge < -0.3 is 14.6 Å². The van der Waals surface area contributed by atoms with Crippen LogP contribution in [-0.2, 0) is 14.3 Å². The van der Waals surface area contributed by atoms with Gasteiger partial charge >= 0.3 is 35.5 Å². The average Bonchev–Trinajstić information content (AvgIpc) is 2.65. The van der Waals surface area contributed by atoms with E-state index in [1.165, 1.54) is 38.5 Å². The first-order chi connectivity index (χ1) is 12.7. The summed E-state index contributed by atoms with van der Waals surface area (Å²) in [6, 6.07) is 0. The van der Waals surface area contributed by atoms with Crippen molar-refractivity contribution in [3.63, 3.8) is 0 Å². The molecule has 0 aliphatic heterocycles. The van der Waals surface area contributed by atoms with Gasteiger partial charge in [0.05, 0.1) is 12.5 Å². The molecule has 27 heavy (non-hydrogen) atoms. The summed E-state index contributed by atoms with van der Waals surface area (Å²) in [6.07, 6.45) is 19.4. The van der Waals surface area contributed by atoms with Gasteiger partial charge in [-0.05, 0) is 44.9 Å². The second kappa shape index (κ2) is 17.8. The standard InChI is InChI=1S/C22H38O4.Na/c1-2-3-4-5-6-7-8-9-10-11-12-15-18-26-22(25)20-17-14-13-16-19(20)21(23)24;/h9-10,19-20H,2-8,11-18H2,1H3,(H,23,24);/q;+1/p-1/b10-9+;. The van der Waals surface area contributed by atoms with Gasteiger partial charge in [0.1, 0.15) is 0 Å². The minimum absolute atomic E-state index is 0. The van der Waals surface area contributed by atoms with Crippen molar-refractivity contribution in [2.45, 2.75) is 96.8 Å². The van der Waals surface area contributed by atoms with E-state index in [9.17, 15) is 14.7 Å². The number of allylic oxidation sites excluding steroid dienone is 2. The van der Waals surface area contributed by atoms with E-state index in [4.69, 9.17) is 4.74 Å². The van der Waals surface area contributed by atoms with Crippen LogP contribution in [0, 0.1) is 11.8 Å². The summed E-state index contributed by atoms with van der Waals surface area (Å²) in [5.41, 5.74) is 0. The molecule has 0 aromatic carbocycles. The van der Waals surface area contributed by atoms with Crippen molar-refractivity contribution in [2.24, 2.45) is 11.8 Å². The van der Waals surface area contributed by atoms with Gasteiger partial charge in [-0.3, -0.25) is 4.79 Å². The fraction of sp³-hybridized carbons (Fsp3) is 0.818. The van der Waals surface area contributed by atoms with Crippen molar-refractivity contribution in [3.05, 3.63) is 12.2 Å². The normalized spacial score (nSPS) is 19.6. The Labute approximate surface area is 187 Å². The minimum atomic E-state index is -1.11. The summed E-state index contributed by atoms with van der Waals surface area (Å²) < 4.78 is 5.30. The molecule has 0 aromatic heterocycles. The number of hydrogen-bond donors (Lipinski definition) is 0. The van der Waals surface area contributed by atoms with E-state index in [0.717, 1.165) is 38.5 Å². The summed E-state index contributed by atoms with van der Waals surface area (Å²) >= 11 is 0. The molecule has 5 heteroatoms. The summed E-state index contributed by atoms with van der Waals surface area (Å²) in [5.74, 6) is -2.63. The number of hydrogen-bond acceptors (Lipinski definition) is 4. The third-order valence-electron chi connectivity index (χ3n) is 5.27. The third kappa shape index (κ3) is 12.7. The molecule has 0 heterocycles. The van der Waals surface area contributed by atoms with Crippen LogP contribution in [0.25, 0.3) is 0 Å². The molecule has 0 aromatic rings. The van der Waals surface area contributed by atoms with Gasteiger partial charge in [-0.25, -0.2) is 0 Å². The van der Waals surface area contributed by atoms with E-state index in [-0.39, 0.29) is 35.5 Å². The van der Waals surface area contributed by atoms with Crippen molar-refractivity contribution in [1.29, 1.82) is 0 Å². The molecular formula is C22H37NaO4. The number of carbonyl (C=O) groups is 2. The van der Waals surface area contributed by atoms with Crippen LogP contribution < -0.4 is 34.7 Å². The molecule has 150 valence electrons. The molecule has 2 atom stereocenters. The Morgan fingerprint density at radius 2 is 1.44 bits per heavy atom. The average molecular weight is 389 g/mol. The van der Waals surface area contributed by atoms with Crippen molar-refractivity contribution >= 4 is 11.9 Å². The van der Waals surface area contributed by atoms with E-state index in [0.29, 0.717) is 19.4 Å². The Bertz CT molecular complexity index is 423. The number of ether oxygens (including phenoxy) is 1. The van der Waals surface area contributed by atoms with Gasteiger partial charge in [0, 0.05) is 11.9 Å². The first kappa shape index (κ1) is 26.7. The number of esters is 1. The first-order valence-electron chi connectivity index (χ1n) is 10.7. The number of rotatable bonds is 14. The molecule has 1 aliphatic rings. The minimum Gasteiger partial charge on any atom is -0.550 e. The summed E-state index contributed by atoms with van der Waals surface area (Å²) in [5, 5.41) is 11.1. The van der Waals surface area contributed by atoms with Gasteiger partial charge in [0.15, 0.2) is 0 Å². The molecule has 0 amide bonds. The van der Waals surface area contributed by atoms with Crippen LogP contribution >= 0.6 is 0 Å². The van der Waals surface area contributed by atoms with E-state index in [2.05, 4.69) is 19.1 Å². The molecule has 1 fully saturated rings. The molecule has 0 bridgehead atoms. The van der Waals surface area contributed by atoms with Gasteiger partial charge in [0.2, 0.25) is 0 Å². The largest absolute Gasteiger partial charge is 1.00 e. The van der Waals surface area contributed by atoms with Crippen molar-refractivity contribution in [1.82, 2.24) is 0 Å². The van der Waals surface area contributed by atoms with Crippen LogP contribution in [0.5, 0.6) is 0 Å². The van der Waals surface area contributed by atoms with Crippen LogP contribution in [0.3, 0.4) is 0 Å². The number of carboxylic acid groups (broad SMARTS) is 1. The second-order valence-corrected chi connectivity index (χ2v) is 7.51. The Kier molecular flexibility index (Phi) is 17.5. The van der Waals surface area contributed by atoms with Crippen LogP contribution in [0.2, 0.25) is 0 Å². The predicted molar refractivity (Wildman–Crippen MR) is 102 cm³/mol. The molecular weight excluding hydrogens is 351 g/mol. The van der Waals surface area contributed by atoms with Crippen LogP contribution in [0.15, 0.2) is 12.2 Å². The quantitative estimate of drug-likeness (QED) is 0.196. The third-order valence-corrected chi connectivity index (χ3v) is 5.27. The zero-order valence-corrected chi connectivity index (χ0v) is 19.5. The maximum Gasteiger partial charge on any atom is 1.00 e. The first-order valence-corrected chi connectivity index (χ1v) is 10.7. The van der Waals surface area contributed by atoms with E-state index in [1.807, 2.05) is 0 Å². The van der Waals surface area contributed by atoms with Gasteiger partial charge in [0.25, 0.3) is 0 Å². The maximum absolute atomic E-state index is 12.1. The molecule has 0 spiro atoms. The topological polar surface area (TPSA) is 66.4 Å². The molecule has 4 nitrogen and oxygen atoms in total. The zero-order valence-electron chi connectivity index (χ0n) is 17.5. The Hall–Kier alpha value is -0.320. The van der Waals surface area contributed by atoms with Crippen molar-refractivity contribution < 1.29 is 49.0 Å². The van der Waals surface area contributed by atoms with Crippen molar-refractivity contribution in [2.75, 3.05) is 6.61 Å². The predicted octanol–water partition coefficient (Wildman–Crippen LogP) is 1.57. The molecule has 0 saturated heterocycles. The molecule has 2 unspecified atom stereocenters. The van der Waals surface area contributed by atoms with Gasteiger partial charge in [-0.15, -0.1) is 0 Å². The smallest absolute Gasteiger partial charge is 0.550 e. The molecule has 0 radical (unpaired) electrons. The van der Waals surface area contributed by atoms with E-state index < -0.39 is 17.8 Å². The number of carboxylic acids is 1. The zero-order chi connectivity index (χ0) is 19.0. The number of aliphatic carboxylic acids is 1. The summed E-state index contributed by atoms with van der Waals surface area (Å²) in [7, 11) is 0. The molecule has 0 N–H and O–H groups in total. The fourth-order valence-electron chi connectivity index (χ4n) is 3.62. The molecule has 1 rings (SSSR count). The Morgan fingerprint density at radius 3 is 2.07 bits per heavy atom. The summed E-state index contributed by atoms with van der Waals surface area (Å²) in [6.45, 7) is 2.63. The van der Waals surface area contributed by atoms with Crippen LogP contribution in [0.1, 0.15) is 96.8 Å². The van der Waals surface area contributed by atoms with Gasteiger partial charge in [-0.2, -0.15) is 0 Å². The van der Waals surface area contributed by atoms with Crippen LogP contribution in [0.4, 0.5) is 0 Å². The number of carbonyl (C=O) groups excluding carboxylic acids is 2. The Morgan fingerprint density at radius 1 is 0.889 bits per heavy atom. The second-order valence-electron chi connectivity index (χ2n) is 7.51. The van der Waals surface area contributed by atoms with Gasteiger partial charge in [-0.1, -0.05) is 64.0 Å². The summed E-state index contributed by atoms with van der Waals surface area (Å²) in [4.78, 5) is 23.2. The maximum atomic E-state index is 12.1. The molecule has 1 saturated carbocycles.